The summed E-state index contributed by atoms with van der Waals surface area (Å²) in [6.07, 6.45) is 6.42. The van der Waals surface area contributed by atoms with Crippen molar-refractivity contribution in [2.45, 2.75) is 62.1 Å². The molecule has 0 radical (unpaired) electrons. The van der Waals surface area contributed by atoms with Crippen LogP contribution in [-0.4, -0.2) is 17.8 Å². The Labute approximate surface area is 143 Å². The molecule has 1 aliphatic rings. The molecular formula is C17H25Cl2NS. The minimum absolute atomic E-state index is 0.618. The molecule has 1 saturated carbocycles. The number of hydrogen-bond acceptors (Lipinski definition) is 2. The van der Waals surface area contributed by atoms with Crippen molar-refractivity contribution in [3.8, 4) is 0 Å². The molecule has 1 aromatic rings. The SMILES string of the molecule is CCCNC1CCC(CC)CC1Sc1ccc(Cl)c(Cl)c1. The smallest absolute Gasteiger partial charge is 0.0603 e. The molecule has 0 saturated heterocycles. The number of rotatable bonds is 6. The molecule has 4 heteroatoms. The number of benzene rings is 1. The first-order valence-electron chi connectivity index (χ1n) is 7.99. The van der Waals surface area contributed by atoms with Crippen LogP contribution in [0.5, 0.6) is 0 Å². The third-order valence-corrected chi connectivity index (χ3v) is 6.40. The molecule has 1 N–H and O–H groups in total. The maximum Gasteiger partial charge on any atom is 0.0603 e. The summed E-state index contributed by atoms with van der Waals surface area (Å²) in [6, 6.07) is 6.61. The average molecular weight is 346 g/mol. The molecule has 0 aliphatic heterocycles. The van der Waals surface area contributed by atoms with Gasteiger partial charge >= 0.3 is 0 Å². The van der Waals surface area contributed by atoms with Gasteiger partial charge in [0.15, 0.2) is 0 Å². The first kappa shape index (κ1) is 17.5. The fourth-order valence-electron chi connectivity index (χ4n) is 3.00. The van der Waals surface area contributed by atoms with Gasteiger partial charge < -0.3 is 5.32 Å². The highest BCUT2D eigenvalue weighted by Gasteiger charge is 2.30. The Balaban J connectivity index is 2.05. The zero-order chi connectivity index (χ0) is 15.2. The van der Waals surface area contributed by atoms with Crippen molar-refractivity contribution >= 4 is 35.0 Å². The van der Waals surface area contributed by atoms with Gasteiger partial charge in [0.2, 0.25) is 0 Å². The summed E-state index contributed by atoms with van der Waals surface area (Å²) in [5.74, 6) is 0.866. The zero-order valence-electron chi connectivity index (χ0n) is 12.9. The maximum atomic E-state index is 6.15. The molecule has 0 spiro atoms. The van der Waals surface area contributed by atoms with Crippen LogP contribution in [0.1, 0.15) is 46.0 Å². The van der Waals surface area contributed by atoms with E-state index in [2.05, 4.69) is 25.2 Å². The van der Waals surface area contributed by atoms with Crippen LogP contribution >= 0.6 is 35.0 Å². The Bertz CT molecular complexity index is 452. The lowest BCUT2D eigenvalue weighted by atomic mass is 9.84. The van der Waals surface area contributed by atoms with Crippen LogP contribution in [0.25, 0.3) is 0 Å². The lowest BCUT2D eigenvalue weighted by Gasteiger charge is -2.36. The Morgan fingerprint density at radius 3 is 2.67 bits per heavy atom. The summed E-state index contributed by atoms with van der Waals surface area (Å²) in [4.78, 5) is 1.23. The summed E-state index contributed by atoms with van der Waals surface area (Å²) in [5, 5.41) is 5.66. The summed E-state index contributed by atoms with van der Waals surface area (Å²) in [5.41, 5.74) is 0. The topological polar surface area (TPSA) is 12.0 Å². The van der Waals surface area contributed by atoms with Gasteiger partial charge in [-0.25, -0.2) is 0 Å². The molecule has 1 aliphatic carbocycles. The summed E-state index contributed by atoms with van der Waals surface area (Å²) < 4.78 is 0. The summed E-state index contributed by atoms with van der Waals surface area (Å²) in [6.45, 7) is 5.65. The monoisotopic (exact) mass is 345 g/mol. The average Bonchev–Trinajstić information content (AvgIpc) is 2.49. The molecule has 0 heterocycles. The van der Waals surface area contributed by atoms with Gasteiger partial charge in [0.1, 0.15) is 0 Å². The molecule has 1 fully saturated rings. The first-order valence-corrected chi connectivity index (χ1v) is 9.62. The van der Waals surface area contributed by atoms with E-state index < -0.39 is 0 Å². The van der Waals surface area contributed by atoms with Crippen molar-refractivity contribution in [2.75, 3.05) is 6.54 Å². The molecule has 3 unspecified atom stereocenters. The number of halogens is 2. The van der Waals surface area contributed by atoms with Crippen LogP contribution in [0.15, 0.2) is 23.1 Å². The van der Waals surface area contributed by atoms with Crippen molar-refractivity contribution in [1.82, 2.24) is 5.32 Å². The van der Waals surface area contributed by atoms with Crippen LogP contribution in [0.3, 0.4) is 0 Å². The second kappa shape index (κ2) is 8.67. The van der Waals surface area contributed by atoms with Crippen molar-refractivity contribution < 1.29 is 0 Å². The maximum absolute atomic E-state index is 6.15. The van der Waals surface area contributed by atoms with Crippen molar-refractivity contribution in [2.24, 2.45) is 5.92 Å². The quantitative estimate of drug-likeness (QED) is 0.675. The van der Waals surface area contributed by atoms with Crippen molar-refractivity contribution in [3.05, 3.63) is 28.2 Å². The predicted molar refractivity (Wildman–Crippen MR) is 95.8 cm³/mol. The van der Waals surface area contributed by atoms with E-state index in [0.29, 0.717) is 21.3 Å². The minimum Gasteiger partial charge on any atom is -0.313 e. The van der Waals surface area contributed by atoms with E-state index in [1.54, 1.807) is 0 Å². The Morgan fingerprint density at radius 1 is 1.19 bits per heavy atom. The van der Waals surface area contributed by atoms with Crippen molar-refractivity contribution in [3.63, 3.8) is 0 Å². The molecule has 118 valence electrons. The standard InChI is InChI=1S/C17H25Cl2NS/c1-3-9-20-16-8-5-12(4-2)10-17(16)21-13-6-7-14(18)15(19)11-13/h6-7,11-12,16-17,20H,3-5,8-10H2,1-2H3. The largest absolute Gasteiger partial charge is 0.313 e. The Morgan fingerprint density at radius 2 is 2.00 bits per heavy atom. The van der Waals surface area contributed by atoms with E-state index in [-0.39, 0.29) is 0 Å². The van der Waals surface area contributed by atoms with Gasteiger partial charge in [-0.15, -0.1) is 11.8 Å². The Hall–Kier alpha value is 0.110. The molecular weight excluding hydrogens is 321 g/mol. The highest BCUT2D eigenvalue weighted by molar-refractivity contribution is 8.00. The molecule has 2 rings (SSSR count). The fourth-order valence-corrected chi connectivity index (χ4v) is 4.81. The zero-order valence-corrected chi connectivity index (χ0v) is 15.2. The van der Waals surface area contributed by atoms with Gasteiger partial charge in [-0.1, -0.05) is 43.5 Å². The van der Waals surface area contributed by atoms with Crippen molar-refractivity contribution in [1.29, 1.82) is 0 Å². The van der Waals surface area contributed by atoms with Gasteiger partial charge in [-0.2, -0.15) is 0 Å². The molecule has 0 amide bonds. The van der Waals surface area contributed by atoms with Gasteiger partial charge in [0.25, 0.3) is 0 Å². The van der Waals surface area contributed by atoms with Crippen LogP contribution in [0.2, 0.25) is 10.0 Å². The normalized spacial score (nSPS) is 26.0. The fraction of sp³-hybridized carbons (Fsp3) is 0.647. The number of thioether (sulfide) groups is 1. The van der Waals surface area contributed by atoms with E-state index >= 15 is 0 Å². The lowest BCUT2D eigenvalue weighted by Crippen LogP contribution is -2.42. The van der Waals surface area contributed by atoms with E-state index in [1.807, 2.05) is 23.9 Å². The second-order valence-electron chi connectivity index (χ2n) is 5.88. The van der Waals surface area contributed by atoms with Gasteiger partial charge in [-0.05, 0) is 56.3 Å². The van der Waals surface area contributed by atoms with E-state index in [9.17, 15) is 0 Å². The third-order valence-electron chi connectivity index (χ3n) is 4.31. The first-order chi connectivity index (χ1) is 10.1. The van der Waals surface area contributed by atoms with Gasteiger partial charge in [-0.3, -0.25) is 0 Å². The van der Waals surface area contributed by atoms with Crippen LogP contribution < -0.4 is 5.32 Å². The molecule has 21 heavy (non-hydrogen) atoms. The predicted octanol–water partition coefficient (Wildman–Crippen LogP) is 6.03. The Kier molecular flexibility index (Phi) is 7.21. The molecule has 1 nitrogen and oxygen atoms in total. The lowest BCUT2D eigenvalue weighted by molar-refractivity contribution is 0.295. The third kappa shape index (κ3) is 5.06. The summed E-state index contributed by atoms with van der Waals surface area (Å²) in [7, 11) is 0. The van der Waals surface area contributed by atoms with E-state index in [1.165, 1.54) is 37.0 Å². The van der Waals surface area contributed by atoms with E-state index in [4.69, 9.17) is 23.2 Å². The van der Waals surface area contributed by atoms with E-state index in [0.717, 1.165) is 12.5 Å². The number of nitrogens with one attached hydrogen (secondary N) is 1. The van der Waals surface area contributed by atoms with Gasteiger partial charge in [0, 0.05) is 16.2 Å². The molecule has 0 aromatic heterocycles. The van der Waals surface area contributed by atoms with Gasteiger partial charge in [0.05, 0.1) is 10.0 Å². The molecule has 1 aromatic carbocycles. The second-order valence-corrected chi connectivity index (χ2v) is 8.01. The van der Waals surface area contributed by atoms with Crippen LogP contribution in [0, 0.1) is 5.92 Å². The van der Waals surface area contributed by atoms with Crippen LogP contribution in [0.4, 0.5) is 0 Å². The molecule has 0 bridgehead atoms. The van der Waals surface area contributed by atoms with Crippen LogP contribution in [-0.2, 0) is 0 Å². The minimum atomic E-state index is 0.618. The summed E-state index contributed by atoms with van der Waals surface area (Å²) >= 11 is 14.1. The molecule has 3 atom stereocenters. The number of hydrogen-bond donors (Lipinski definition) is 1. The highest BCUT2D eigenvalue weighted by atomic mass is 35.5. The highest BCUT2D eigenvalue weighted by Crippen LogP contribution is 2.39.